The molecule has 0 fully saturated rings. The van der Waals surface area contributed by atoms with E-state index < -0.39 is 0 Å². The number of rotatable bonds is 5. The summed E-state index contributed by atoms with van der Waals surface area (Å²) in [6.07, 6.45) is 1.78. The van der Waals surface area contributed by atoms with Crippen LogP contribution in [0.1, 0.15) is 34.5 Å². The van der Waals surface area contributed by atoms with Crippen LogP contribution in [0.4, 0.5) is 5.69 Å². The Morgan fingerprint density at radius 3 is 2.40 bits per heavy atom. The van der Waals surface area contributed by atoms with Gasteiger partial charge in [-0.1, -0.05) is 31.2 Å². The first-order valence-corrected chi connectivity index (χ1v) is 8.14. The van der Waals surface area contributed by atoms with Crippen LogP contribution in [0.2, 0.25) is 0 Å². The summed E-state index contributed by atoms with van der Waals surface area (Å²) in [7, 11) is 1.60. The lowest BCUT2D eigenvalue weighted by Crippen LogP contribution is -2.14. The highest BCUT2D eigenvalue weighted by molar-refractivity contribution is 6.04. The largest absolute Gasteiger partial charge is 0.497 e. The first-order chi connectivity index (χ1) is 12.2. The van der Waals surface area contributed by atoms with E-state index in [1.165, 1.54) is 0 Å². The number of hydrogen-bond donors (Lipinski definition) is 1. The Labute approximate surface area is 147 Å². The number of carbonyl (C=O) groups excluding carboxylic acids is 1. The van der Waals surface area contributed by atoms with Crippen LogP contribution < -0.4 is 10.1 Å². The lowest BCUT2D eigenvalue weighted by atomic mass is 9.95. The third kappa shape index (κ3) is 3.86. The molecule has 1 aromatic heterocycles. The second-order valence-corrected chi connectivity index (χ2v) is 5.75. The first-order valence-electron chi connectivity index (χ1n) is 8.14. The van der Waals surface area contributed by atoms with Gasteiger partial charge in [0.2, 0.25) is 0 Å². The first kappa shape index (κ1) is 16.7. The third-order valence-corrected chi connectivity index (χ3v) is 4.16. The molecule has 0 bridgehead atoms. The predicted octanol–water partition coefficient (Wildman–Crippen LogP) is 4.49. The molecule has 2 aromatic carbocycles. The van der Waals surface area contributed by atoms with Crippen molar-refractivity contribution in [1.29, 1.82) is 0 Å². The van der Waals surface area contributed by atoms with E-state index in [2.05, 4.69) is 17.2 Å². The second kappa shape index (κ2) is 7.62. The smallest absolute Gasteiger partial charge is 0.255 e. The number of nitrogens with zero attached hydrogens (tertiary/aromatic N) is 1. The van der Waals surface area contributed by atoms with Gasteiger partial charge in [0.15, 0.2) is 0 Å². The van der Waals surface area contributed by atoms with Crippen LogP contribution in [0.25, 0.3) is 0 Å². The number of amides is 1. The van der Waals surface area contributed by atoms with E-state index in [4.69, 9.17) is 4.74 Å². The van der Waals surface area contributed by atoms with Gasteiger partial charge < -0.3 is 10.1 Å². The number of nitrogens with one attached hydrogen (secondary N) is 1. The number of carbonyl (C=O) groups is 1. The summed E-state index contributed by atoms with van der Waals surface area (Å²) in [5, 5.41) is 3.01. The third-order valence-electron chi connectivity index (χ3n) is 4.16. The van der Waals surface area contributed by atoms with Crippen molar-refractivity contribution in [2.24, 2.45) is 0 Å². The molecular formula is C21H20N2O2. The fraction of sp³-hybridized carbons (Fsp3) is 0.143. The van der Waals surface area contributed by atoms with Gasteiger partial charge in [-0.3, -0.25) is 9.78 Å². The maximum absolute atomic E-state index is 12.6. The number of benzene rings is 2. The highest BCUT2D eigenvalue weighted by Gasteiger charge is 2.15. The summed E-state index contributed by atoms with van der Waals surface area (Å²) >= 11 is 0. The lowest BCUT2D eigenvalue weighted by Gasteiger charge is -2.17. The molecule has 0 aliphatic rings. The van der Waals surface area contributed by atoms with E-state index in [9.17, 15) is 4.79 Å². The Morgan fingerprint density at radius 2 is 1.72 bits per heavy atom. The standard InChI is InChI=1S/C21H20N2O2/c1-15(19-8-5-6-14-22-19)18-7-3-4-9-20(18)23-21(24)16-10-12-17(25-2)13-11-16/h3-15H,1-2H3,(H,23,24). The maximum Gasteiger partial charge on any atom is 0.255 e. The Bertz CT molecular complexity index is 845. The predicted molar refractivity (Wildman–Crippen MR) is 99.1 cm³/mol. The molecule has 25 heavy (non-hydrogen) atoms. The topological polar surface area (TPSA) is 51.2 Å². The number of methoxy groups -OCH3 is 1. The van der Waals surface area contributed by atoms with Crippen molar-refractivity contribution in [3.63, 3.8) is 0 Å². The molecule has 0 aliphatic carbocycles. The normalized spacial score (nSPS) is 11.6. The fourth-order valence-corrected chi connectivity index (χ4v) is 2.72. The quantitative estimate of drug-likeness (QED) is 0.749. The van der Waals surface area contributed by atoms with Crippen LogP contribution in [0.5, 0.6) is 5.75 Å². The van der Waals surface area contributed by atoms with Gasteiger partial charge in [-0.25, -0.2) is 0 Å². The van der Waals surface area contributed by atoms with E-state index in [0.29, 0.717) is 5.56 Å². The van der Waals surface area contributed by atoms with Gasteiger partial charge >= 0.3 is 0 Å². The fourth-order valence-electron chi connectivity index (χ4n) is 2.72. The van der Waals surface area contributed by atoms with Crippen molar-refractivity contribution >= 4 is 11.6 Å². The number of anilines is 1. The van der Waals surface area contributed by atoms with Crippen LogP contribution in [0.3, 0.4) is 0 Å². The second-order valence-electron chi connectivity index (χ2n) is 5.75. The van der Waals surface area contributed by atoms with Gasteiger partial charge in [-0.15, -0.1) is 0 Å². The summed E-state index contributed by atoms with van der Waals surface area (Å²) in [5.41, 5.74) is 3.37. The van der Waals surface area contributed by atoms with Crippen LogP contribution in [0, 0.1) is 0 Å². The highest BCUT2D eigenvalue weighted by Crippen LogP contribution is 2.29. The molecule has 1 atom stereocenters. The molecule has 0 spiro atoms. The summed E-state index contributed by atoms with van der Waals surface area (Å²) in [6.45, 7) is 2.08. The van der Waals surface area contributed by atoms with Crippen LogP contribution in [-0.2, 0) is 0 Å². The molecular weight excluding hydrogens is 312 g/mol. The Kier molecular flexibility index (Phi) is 5.09. The Morgan fingerprint density at radius 1 is 1.00 bits per heavy atom. The monoisotopic (exact) mass is 332 g/mol. The van der Waals surface area contributed by atoms with E-state index in [0.717, 1.165) is 22.7 Å². The number of aromatic nitrogens is 1. The molecule has 4 nitrogen and oxygen atoms in total. The van der Waals surface area contributed by atoms with Gasteiger partial charge in [0.25, 0.3) is 5.91 Å². The lowest BCUT2D eigenvalue weighted by molar-refractivity contribution is 0.102. The van der Waals surface area contributed by atoms with Gasteiger partial charge in [0, 0.05) is 29.1 Å². The molecule has 1 N–H and O–H groups in total. The highest BCUT2D eigenvalue weighted by atomic mass is 16.5. The van der Waals surface area contributed by atoms with Crippen molar-refractivity contribution in [2.75, 3.05) is 12.4 Å². The molecule has 126 valence electrons. The SMILES string of the molecule is COc1ccc(C(=O)Nc2ccccc2C(C)c2ccccn2)cc1. The van der Waals surface area contributed by atoms with E-state index in [1.807, 2.05) is 42.5 Å². The molecule has 0 aliphatic heterocycles. The molecule has 1 heterocycles. The zero-order chi connectivity index (χ0) is 17.6. The van der Waals surface area contributed by atoms with Gasteiger partial charge in [0.1, 0.15) is 5.75 Å². The zero-order valence-corrected chi connectivity index (χ0v) is 14.3. The molecule has 0 saturated heterocycles. The maximum atomic E-state index is 12.6. The average molecular weight is 332 g/mol. The van der Waals surface area contributed by atoms with Crippen molar-refractivity contribution in [3.05, 3.63) is 89.7 Å². The zero-order valence-electron chi connectivity index (χ0n) is 14.3. The Hall–Kier alpha value is -3.14. The number of pyridine rings is 1. The summed E-state index contributed by atoms with van der Waals surface area (Å²) in [6, 6.07) is 20.7. The van der Waals surface area contributed by atoms with E-state index in [-0.39, 0.29) is 11.8 Å². The molecule has 1 unspecified atom stereocenters. The summed E-state index contributed by atoms with van der Waals surface area (Å²) < 4.78 is 5.13. The molecule has 3 rings (SSSR count). The molecule has 4 heteroatoms. The van der Waals surface area contributed by atoms with Crippen LogP contribution in [0.15, 0.2) is 72.9 Å². The van der Waals surface area contributed by atoms with Crippen LogP contribution in [-0.4, -0.2) is 18.0 Å². The average Bonchev–Trinajstić information content (AvgIpc) is 2.68. The van der Waals surface area contributed by atoms with Crippen molar-refractivity contribution in [1.82, 2.24) is 4.98 Å². The van der Waals surface area contributed by atoms with Gasteiger partial charge in [-0.05, 0) is 48.0 Å². The molecule has 0 radical (unpaired) electrons. The summed E-state index contributed by atoms with van der Waals surface area (Å²) in [5.74, 6) is 0.651. The van der Waals surface area contributed by atoms with Crippen molar-refractivity contribution in [3.8, 4) is 5.75 Å². The Balaban J connectivity index is 1.84. The van der Waals surface area contributed by atoms with E-state index in [1.54, 1.807) is 37.6 Å². The minimum Gasteiger partial charge on any atom is -0.497 e. The molecule has 1 amide bonds. The van der Waals surface area contributed by atoms with Crippen LogP contribution >= 0.6 is 0 Å². The van der Waals surface area contributed by atoms with Crippen molar-refractivity contribution < 1.29 is 9.53 Å². The number of para-hydroxylation sites is 1. The minimum absolute atomic E-state index is 0.0774. The minimum atomic E-state index is -0.150. The van der Waals surface area contributed by atoms with Gasteiger partial charge in [-0.2, -0.15) is 0 Å². The number of hydrogen-bond acceptors (Lipinski definition) is 3. The molecule has 3 aromatic rings. The van der Waals surface area contributed by atoms with Gasteiger partial charge in [0.05, 0.1) is 7.11 Å². The van der Waals surface area contributed by atoms with Crippen molar-refractivity contribution in [2.45, 2.75) is 12.8 Å². The number of ether oxygens (including phenoxy) is 1. The van der Waals surface area contributed by atoms with E-state index >= 15 is 0 Å². The summed E-state index contributed by atoms with van der Waals surface area (Å²) in [4.78, 5) is 17.0. The molecule has 0 saturated carbocycles.